The molecule has 13 nitrogen and oxygen atoms in total. The van der Waals surface area contributed by atoms with Crippen molar-refractivity contribution in [3.8, 4) is 23.0 Å². The van der Waals surface area contributed by atoms with E-state index in [2.05, 4.69) is 0 Å². The van der Waals surface area contributed by atoms with E-state index >= 15 is 0 Å². The summed E-state index contributed by atoms with van der Waals surface area (Å²) in [5, 5.41) is 24.5. The van der Waals surface area contributed by atoms with Gasteiger partial charge in [-0.2, -0.15) is 0 Å². The lowest BCUT2D eigenvalue weighted by Gasteiger charge is -2.22. The zero-order chi connectivity index (χ0) is 35.7. The molecule has 0 amide bonds. The van der Waals surface area contributed by atoms with Crippen LogP contribution in [0, 0.1) is 20.2 Å². The summed E-state index contributed by atoms with van der Waals surface area (Å²) >= 11 is 0. The molecule has 2 aliphatic rings. The van der Waals surface area contributed by atoms with Gasteiger partial charge in [-0.05, 0) is 22.3 Å². The number of methoxy groups -OCH3 is 2. The topological polar surface area (TPSA) is 151 Å². The first-order valence-corrected chi connectivity index (χ1v) is 16.7. The number of nitro groups is 2. The normalized spacial score (nSPS) is 15.5. The highest BCUT2D eigenvalue weighted by molar-refractivity contribution is 5.59. The summed E-state index contributed by atoms with van der Waals surface area (Å²) in [5.74, 6) is 2.15. The molecule has 0 saturated carbocycles. The van der Waals surface area contributed by atoms with E-state index in [-0.39, 0.29) is 63.5 Å². The van der Waals surface area contributed by atoms with Crippen molar-refractivity contribution in [2.45, 2.75) is 25.7 Å². The molecular weight excluding hydrogens is 660 g/mol. The van der Waals surface area contributed by atoms with Crippen molar-refractivity contribution in [3.63, 3.8) is 0 Å². The lowest BCUT2D eigenvalue weighted by molar-refractivity contribution is -0.385. The second kappa shape index (κ2) is 16.6. The number of ether oxygens (including phenoxy) is 7. The van der Waals surface area contributed by atoms with Crippen molar-refractivity contribution >= 4 is 11.4 Å². The van der Waals surface area contributed by atoms with Gasteiger partial charge in [-0.3, -0.25) is 20.2 Å². The summed E-state index contributed by atoms with van der Waals surface area (Å²) in [6.07, 6.45) is 0.975. The van der Waals surface area contributed by atoms with Crippen LogP contribution in [-0.2, 0) is 39.9 Å². The van der Waals surface area contributed by atoms with E-state index in [4.69, 9.17) is 33.2 Å². The van der Waals surface area contributed by atoms with Gasteiger partial charge in [0.25, 0.3) is 11.4 Å². The van der Waals surface area contributed by atoms with Gasteiger partial charge in [0.05, 0.1) is 63.7 Å². The molecule has 0 radical (unpaired) electrons. The second-order valence-corrected chi connectivity index (χ2v) is 12.2. The van der Waals surface area contributed by atoms with Gasteiger partial charge < -0.3 is 33.2 Å². The molecular formula is C38H40N2O11. The van der Waals surface area contributed by atoms with Gasteiger partial charge >= 0.3 is 0 Å². The molecule has 10 bridgehead atoms. The van der Waals surface area contributed by atoms with Gasteiger partial charge in [-0.15, -0.1) is 0 Å². The average molecular weight is 701 g/mol. The smallest absolute Gasteiger partial charge is 0.270 e. The Morgan fingerprint density at radius 2 is 0.784 bits per heavy atom. The molecule has 4 aromatic rings. The van der Waals surface area contributed by atoms with E-state index in [1.165, 1.54) is 24.3 Å². The first-order valence-electron chi connectivity index (χ1n) is 16.7. The van der Waals surface area contributed by atoms with Gasteiger partial charge in [0.1, 0.15) is 36.2 Å². The maximum Gasteiger partial charge on any atom is 0.270 e. The van der Waals surface area contributed by atoms with Crippen molar-refractivity contribution in [3.05, 3.63) is 125 Å². The van der Waals surface area contributed by atoms with Crippen LogP contribution in [0.3, 0.4) is 0 Å². The van der Waals surface area contributed by atoms with Gasteiger partial charge in [0.15, 0.2) is 0 Å². The van der Waals surface area contributed by atoms with Crippen LogP contribution in [0.2, 0.25) is 0 Å². The molecule has 0 atom stereocenters. The molecule has 4 aromatic carbocycles. The van der Waals surface area contributed by atoms with Crippen molar-refractivity contribution in [2.24, 2.45) is 0 Å². The van der Waals surface area contributed by atoms with Crippen LogP contribution in [0.15, 0.2) is 60.7 Å². The number of nitrogens with zero attached hydrogens (tertiary/aromatic N) is 2. The van der Waals surface area contributed by atoms with Crippen molar-refractivity contribution in [1.29, 1.82) is 0 Å². The van der Waals surface area contributed by atoms with Crippen molar-refractivity contribution in [2.75, 3.05) is 67.1 Å². The number of hydrogen-bond acceptors (Lipinski definition) is 11. The lowest BCUT2D eigenvalue weighted by Crippen LogP contribution is -2.16. The molecule has 0 saturated heterocycles. The van der Waals surface area contributed by atoms with Crippen molar-refractivity contribution in [1.82, 2.24) is 0 Å². The minimum absolute atomic E-state index is 0.0651. The molecule has 268 valence electrons. The Labute approximate surface area is 295 Å². The fraction of sp³-hybridized carbons (Fsp3) is 0.368. The quantitative estimate of drug-likeness (QED) is 0.160. The highest BCUT2D eigenvalue weighted by Crippen LogP contribution is 2.41. The molecule has 51 heavy (non-hydrogen) atoms. The maximum absolute atomic E-state index is 12.3. The highest BCUT2D eigenvalue weighted by Gasteiger charge is 2.25. The minimum atomic E-state index is -0.402. The first kappa shape index (κ1) is 35.6. The van der Waals surface area contributed by atoms with E-state index in [1.54, 1.807) is 14.2 Å². The summed E-state index contributed by atoms with van der Waals surface area (Å²) in [6, 6.07) is 17.5. The van der Waals surface area contributed by atoms with Crippen LogP contribution in [0.1, 0.15) is 44.5 Å². The van der Waals surface area contributed by atoms with Crippen LogP contribution in [0.25, 0.3) is 0 Å². The number of para-hydroxylation sites is 2. The van der Waals surface area contributed by atoms with Crippen LogP contribution in [-0.4, -0.2) is 76.9 Å². The third-order valence-corrected chi connectivity index (χ3v) is 8.86. The predicted octanol–water partition coefficient (Wildman–Crippen LogP) is 6.02. The SMILES string of the molecule is COc1c2cc([N+](=O)[O-])cc1Cc1cccc3c1OCCOCCOCCOCCOc1c(cccc1Cc1cc([N+](=O)[O-])cc(c1OC)C3)C2. The fourth-order valence-electron chi connectivity index (χ4n) is 6.70. The van der Waals surface area contributed by atoms with Gasteiger partial charge in [0, 0.05) is 72.2 Å². The van der Waals surface area contributed by atoms with Crippen LogP contribution in [0.4, 0.5) is 11.4 Å². The van der Waals surface area contributed by atoms with E-state index in [9.17, 15) is 20.2 Å². The second-order valence-electron chi connectivity index (χ2n) is 12.2. The van der Waals surface area contributed by atoms with Gasteiger partial charge in [-0.1, -0.05) is 36.4 Å². The largest absolute Gasteiger partial charge is 0.496 e. The Kier molecular flexibility index (Phi) is 11.6. The average Bonchev–Trinajstić information content (AvgIpc) is 3.11. The minimum Gasteiger partial charge on any atom is -0.496 e. The number of rotatable bonds is 4. The van der Waals surface area contributed by atoms with Crippen LogP contribution >= 0.6 is 0 Å². The van der Waals surface area contributed by atoms with Gasteiger partial charge in [0.2, 0.25) is 0 Å². The maximum atomic E-state index is 12.3. The Morgan fingerprint density at radius 1 is 0.490 bits per heavy atom. The molecule has 0 fully saturated rings. The molecule has 0 N–H and O–H groups in total. The van der Waals surface area contributed by atoms with E-state index in [0.29, 0.717) is 71.7 Å². The molecule has 1 aliphatic heterocycles. The van der Waals surface area contributed by atoms with Gasteiger partial charge in [-0.25, -0.2) is 0 Å². The molecule has 0 aromatic heterocycles. The Balaban J connectivity index is 1.61. The third kappa shape index (κ3) is 8.39. The molecule has 0 unspecified atom stereocenters. The summed E-state index contributed by atoms with van der Waals surface area (Å²) < 4.78 is 42.0. The zero-order valence-electron chi connectivity index (χ0n) is 28.6. The number of non-ortho nitro benzene ring substituents is 2. The zero-order valence-corrected chi connectivity index (χ0v) is 28.6. The highest BCUT2D eigenvalue weighted by atomic mass is 16.6. The fourth-order valence-corrected chi connectivity index (χ4v) is 6.70. The Bertz CT molecular complexity index is 1670. The molecule has 1 heterocycles. The number of fused-ring (bicyclic) bond motifs is 2. The predicted molar refractivity (Wildman–Crippen MR) is 187 cm³/mol. The standard InChI is InChI=1S/C38H40N2O11/c1-45-35-29-17-25-5-3-7-27-19-31-23-34(40(43)44)24-32(36(31)46-2)20-28-8-4-6-26(18-30(35)22-33(21-29)39(41)42)38(28)51-16-14-49-12-10-47-9-11-48-13-15-50-37(25)27/h3-8,21-24H,9-20H2,1-2H3. The monoisotopic (exact) mass is 700 g/mol. The summed E-state index contributed by atoms with van der Waals surface area (Å²) in [6.45, 7) is 2.48. The van der Waals surface area contributed by atoms with Crippen LogP contribution < -0.4 is 18.9 Å². The molecule has 6 rings (SSSR count). The van der Waals surface area contributed by atoms with Crippen molar-refractivity contribution < 1.29 is 43.0 Å². The first-order chi connectivity index (χ1) is 24.9. The van der Waals surface area contributed by atoms with E-state index < -0.39 is 9.85 Å². The summed E-state index contributed by atoms with van der Waals surface area (Å²) in [7, 11) is 3.12. The Hall–Kier alpha value is -5.24. The third-order valence-electron chi connectivity index (χ3n) is 8.86. The number of hydrogen-bond donors (Lipinski definition) is 0. The number of benzene rings is 4. The lowest BCUT2D eigenvalue weighted by atomic mass is 9.91. The Morgan fingerprint density at radius 3 is 1.06 bits per heavy atom. The van der Waals surface area contributed by atoms with Crippen LogP contribution in [0.5, 0.6) is 23.0 Å². The van der Waals surface area contributed by atoms with E-state index in [0.717, 1.165) is 22.3 Å². The summed E-state index contributed by atoms with van der Waals surface area (Å²) in [4.78, 5) is 23.7. The molecule has 1 aliphatic carbocycles. The number of nitro benzene ring substituents is 2. The van der Waals surface area contributed by atoms with E-state index in [1.807, 2.05) is 36.4 Å². The molecule has 13 heteroatoms. The molecule has 0 spiro atoms. The summed E-state index contributed by atoms with van der Waals surface area (Å²) in [5.41, 5.74) is 5.31.